The summed E-state index contributed by atoms with van der Waals surface area (Å²) in [4.78, 5) is 36.1. The second-order valence-corrected chi connectivity index (χ2v) is 6.42. The van der Waals surface area contributed by atoms with Crippen LogP contribution in [0.5, 0.6) is 0 Å². The normalized spacial score (nSPS) is 10.9. The molecule has 0 aromatic heterocycles. The standard InChI is InChI=1S/C19H19F2N3O3/c1-11(25)22-12-5-4-6-13(9-12)23-17(26)19(2,3)18(27)24-14-7-8-15(20)16(21)10-14/h4-10H,1-3H3,(H,22,25)(H,23,26)(H,24,27). The third kappa shape index (κ3) is 5.10. The van der Waals surface area contributed by atoms with Gasteiger partial charge in [0, 0.05) is 30.1 Å². The van der Waals surface area contributed by atoms with Gasteiger partial charge in [0.1, 0.15) is 5.41 Å². The topological polar surface area (TPSA) is 87.3 Å². The largest absolute Gasteiger partial charge is 0.326 e. The second-order valence-electron chi connectivity index (χ2n) is 6.42. The van der Waals surface area contributed by atoms with Gasteiger partial charge in [-0.15, -0.1) is 0 Å². The SMILES string of the molecule is CC(=O)Nc1cccc(NC(=O)C(C)(C)C(=O)Nc2ccc(F)c(F)c2)c1. The van der Waals surface area contributed by atoms with Crippen molar-refractivity contribution in [2.24, 2.45) is 5.41 Å². The number of carbonyl (C=O) groups is 3. The van der Waals surface area contributed by atoms with Crippen LogP contribution < -0.4 is 16.0 Å². The fourth-order valence-corrected chi connectivity index (χ4v) is 2.13. The Hall–Kier alpha value is -3.29. The maximum absolute atomic E-state index is 13.3. The van der Waals surface area contributed by atoms with Gasteiger partial charge in [0.2, 0.25) is 17.7 Å². The molecule has 0 saturated carbocycles. The van der Waals surface area contributed by atoms with E-state index in [1.807, 2.05) is 0 Å². The molecule has 0 heterocycles. The van der Waals surface area contributed by atoms with Crippen LogP contribution in [0.2, 0.25) is 0 Å². The first-order valence-corrected chi connectivity index (χ1v) is 8.05. The van der Waals surface area contributed by atoms with Gasteiger partial charge in [0.25, 0.3) is 0 Å². The molecule has 0 saturated heterocycles. The van der Waals surface area contributed by atoms with E-state index in [2.05, 4.69) is 16.0 Å². The van der Waals surface area contributed by atoms with Crippen LogP contribution in [0.15, 0.2) is 42.5 Å². The molecule has 2 aromatic carbocycles. The fourth-order valence-electron chi connectivity index (χ4n) is 2.13. The third-order valence-electron chi connectivity index (χ3n) is 3.75. The number of rotatable bonds is 5. The van der Waals surface area contributed by atoms with Crippen LogP contribution >= 0.6 is 0 Å². The molecule has 27 heavy (non-hydrogen) atoms. The zero-order valence-corrected chi connectivity index (χ0v) is 15.0. The molecule has 0 aliphatic rings. The number of benzene rings is 2. The minimum absolute atomic E-state index is 0.0347. The molecule has 142 valence electrons. The number of hydrogen-bond acceptors (Lipinski definition) is 3. The number of anilines is 3. The Kier molecular flexibility index (Phi) is 5.89. The monoisotopic (exact) mass is 375 g/mol. The molecule has 0 unspecified atom stereocenters. The molecule has 2 aromatic rings. The molecule has 0 aliphatic carbocycles. The smallest absolute Gasteiger partial charge is 0.239 e. The van der Waals surface area contributed by atoms with Crippen molar-refractivity contribution in [1.82, 2.24) is 0 Å². The van der Waals surface area contributed by atoms with E-state index in [9.17, 15) is 23.2 Å². The second kappa shape index (κ2) is 7.94. The summed E-state index contributed by atoms with van der Waals surface area (Å²) in [5.74, 6) is -3.70. The van der Waals surface area contributed by atoms with Crippen LogP contribution in [0.1, 0.15) is 20.8 Å². The van der Waals surface area contributed by atoms with Gasteiger partial charge in [0.05, 0.1) is 0 Å². The van der Waals surface area contributed by atoms with Gasteiger partial charge in [-0.3, -0.25) is 14.4 Å². The lowest BCUT2D eigenvalue weighted by Gasteiger charge is -2.23. The molecule has 3 N–H and O–H groups in total. The Labute approximate surface area is 155 Å². The molecule has 0 atom stereocenters. The maximum atomic E-state index is 13.3. The van der Waals surface area contributed by atoms with Crippen molar-refractivity contribution in [2.45, 2.75) is 20.8 Å². The fraction of sp³-hybridized carbons (Fsp3) is 0.211. The van der Waals surface area contributed by atoms with E-state index in [1.165, 1.54) is 26.8 Å². The van der Waals surface area contributed by atoms with Crippen molar-refractivity contribution in [3.8, 4) is 0 Å². The number of halogens is 2. The van der Waals surface area contributed by atoms with Crippen LogP contribution in [-0.4, -0.2) is 17.7 Å². The van der Waals surface area contributed by atoms with E-state index in [0.29, 0.717) is 11.4 Å². The summed E-state index contributed by atoms with van der Waals surface area (Å²) < 4.78 is 26.2. The van der Waals surface area contributed by atoms with Crippen molar-refractivity contribution < 1.29 is 23.2 Å². The average Bonchev–Trinajstić information content (AvgIpc) is 2.57. The first kappa shape index (κ1) is 20.0. The highest BCUT2D eigenvalue weighted by molar-refractivity contribution is 6.14. The quantitative estimate of drug-likeness (QED) is 0.699. The predicted molar refractivity (Wildman–Crippen MR) is 98.1 cm³/mol. The first-order valence-electron chi connectivity index (χ1n) is 8.05. The summed E-state index contributed by atoms with van der Waals surface area (Å²) in [5.41, 5.74) is -0.591. The molecular formula is C19H19F2N3O3. The minimum atomic E-state index is -1.51. The molecule has 0 aliphatic heterocycles. The summed E-state index contributed by atoms with van der Waals surface area (Å²) in [6.07, 6.45) is 0. The third-order valence-corrected chi connectivity index (χ3v) is 3.75. The van der Waals surface area contributed by atoms with Crippen molar-refractivity contribution in [3.05, 3.63) is 54.1 Å². The van der Waals surface area contributed by atoms with E-state index in [1.54, 1.807) is 24.3 Å². The molecule has 0 spiro atoms. The van der Waals surface area contributed by atoms with Crippen molar-refractivity contribution >= 4 is 34.8 Å². The lowest BCUT2D eigenvalue weighted by Crippen LogP contribution is -2.41. The molecule has 8 heteroatoms. The van der Waals surface area contributed by atoms with E-state index in [0.717, 1.165) is 12.1 Å². The van der Waals surface area contributed by atoms with E-state index in [4.69, 9.17) is 0 Å². The van der Waals surface area contributed by atoms with Gasteiger partial charge in [-0.2, -0.15) is 0 Å². The zero-order valence-electron chi connectivity index (χ0n) is 15.0. The highest BCUT2D eigenvalue weighted by Gasteiger charge is 2.36. The molecule has 2 rings (SSSR count). The van der Waals surface area contributed by atoms with E-state index < -0.39 is 28.9 Å². The predicted octanol–water partition coefficient (Wildman–Crippen LogP) is 3.53. The summed E-state index contributed by atoms with van der Waals surface area (Å²) in [6.45, 7) is 4.15. The van der Waals surface area contributed by atoms with Crippen LogP contribution in [-0.2, 0) is 14.4 Å². The number of nitrogens with one attached hydrogen (secondary N) is 3. The Morgan fingerprint density at radius 3 is 1.81 bits per heavy atom. The van der Waals surface area contributed by atoms with Gasteiger partial charge in [0.15, 0.2) is 11.6 Å². The van der Waals surface area contributed by atoms with Crippen LogP contribution in [0, 0.1) is 17.0 Å². The summed E-state index contributed by atoms with van der Waals surface area (Å²) in [5, 5.41) is 7.58. The number of amides is 3. The zero-order chi connectivity index (χ0) is 20.2. The van der Waals surface area contributed by atoms with Gasteiger partial charge in [-0.05, 0) is 44.2 Å². The van der Waals surface area contributed by atoms with Crippen molar-refractivity contribution in [2.75, 3.05) is 16.0 Å². The highest BCUT2D eigenvalue weighted by Crippen LogP contribution is 2.23. The Morgan fingerprint density at radius 1 is 0.778 bits per heavy atom. The average molecular weight is 375 g/mol. The lowest BCUT2D eigenvalue weighted by atomic mass is 9.90. The first-order chi connectivity index (χ1) is 12.6. The number of carbonyl (C=O) groups excluding carboxylic acids is 3. The minimum Gasteiger partial charge on any atom is -0.326 e. The van der Waals surface area contributed by atoms with Crippen molar-refractivity contribution in [1.29, 1.82) is 0 Å². The molecule has 3 amide bonds. The maximum Gasteiger partial charge on any atom is 0.239 e. The van der Waals surface area contributed by atoms with Gasteiger partial charge in [-0.1, -0.05) is 6.07 Å². The summed E-state index contributed by atoms with van der Waals surface area (Å²) in [6, 6.07) is 9.34. The van der Waals surface area contributed by atoms with Crippen LogP contribution in [0.4, 0.5) is 25.8 Å². The van der Waals surface area contributed by atoms with Gasteiger partial charge >= 0.3 is 0 Å². The van der Waals surface area contributed by atoms with Gasteiger partial charge < -0.3 is 16.0 Å². The highest BCUT2D eigenvalue weighted by atomic mass is 19.2. The lowest BCUT2D eigenvalue weighted by molar-refractivity contribution is -0.135. The Morgan fingerprint density at radius 2 is 1.30 bits per heavy atom. The van der Waals surface area contributed by atoms with E-state index in [-0.39, 0.29) is 11.6 Å². The van der Waals surface area contributed by atoms with E-state index >= 15 is 0 Å². The van der Waals surface area contributed by atoms with Crippen LogP contribution in [0.3, 0.4) is 0 Å². The summed E-state index contributed by atoms with van der Waals surface area (Å²) >= 11 is 0. The number of hydrogen-bond donors (Lipinski definition) is 3. The Bertz CT molecular complexity index is 898. The summed E-state index contributed by atoms with van der Waals surface area (Å²) in [7, 11) is 0. The molecular weight excluding hydrogens is 356 g/mol. The van der Waals surface area contributed by atoms with Gasteiger partial charge in [-0.25, -0.2) is 8.78 Å². The molecule has 0 fully saturated rings. The Balaban J connectivity index is 2.10. The van der Waals surface area contributed by atoms with Crippen molar-refractivity contribution in [3.63, 3.8) is 0 Å². The molecule has 6 nitrogen and oxygen atoms in total. The van der Waals surface area contributed by atoms with Crippen LogP contribution in [0.25, 0.3) is 0 Å². The molecule has 0 bridgehead atoms. The molecule has 0 radical (unpaired) electrons.